The molecule has 0 aromatic heterocycles. The van der Waals surface area contributed by atoms with Gasteiger partial charge in [0.1, 0.15) is 5.60 Å². The summed E-state index contributed by atoms with van der Waals surface area (Å²) >= 11 is 0. The molecule has 1 N–H and O–H groups in total. The number of ether oxygens (including phenoxy) is 2. The number of aliphatic hydroxyl groups excluding tert-OH is 1. The SMILES string of the molecule is C[C@H](CCC(=O)OC(C)(C)C)[C@H]1CC[C@H]2[C@@H]3[C@@H](O)C[C@@H]4COC(=O)CC[C@]4(C)[C@H]3CC[C@]12C. The lowest BCUT2D eigenvalue weighted by Crippen LogP contribution is -2.57. The smallest absolute Gasteiger partial charge is 0.306 e. The summed E-state index contributed by atoms with van der Waals surface area (Å²) in [5.41, 5.74) is -0.130. The quantitative estimate of drug-likeness (QED) is 0.556. The first-order chi connectivity index (χ1) is 15.3. The fourth-order valence-corrected chi connectivity index (χ4v) is 8.72. The molecule has 0 unspecified atom stereocenters. The molecule has 0 radical (unpaired) electrons. The van der Waals surface area contributed by atoms with Crippen molar-refractivity contribution in [3.05, 3.63) is 0 Å². The summed E-state index contributed by atoms with van der Waals surface area (Å²) in [6.45, 7) is 13.4. The van der Waals surface area contributed by atoms with Gasteiger partial charge >= 0.3 is 11.9 Å². The Morgan fingerprint density at radius 1 is 1.15 bits per heavy atom. The van der Waals surface area contributed by atoms with Crippen LogP contribution in [0.1, 0.15) is 99.3 Å². The van der Waals surface area contributed by atoms with Crippen LogP contribution in [0.3, 0.4) is 0 Å². The van der Waals surface area contributed by atoms with E-state index >= 15 is 0 Å². The standard InChI is InChI=1S/C28H46O5/c1-17(7-10-24(31)33-26(2,3)4)19-8-9-20-25-21(11-13-28(19,20)6)27(5)14-12-23(30)32-16-18(27)15-22(25)29/h17-22,25,29H,7-16H2,1-6H3/t17-,18-,19-,20+,21+,22+,25+,27+,28-/m1/s1. The zero-order valence-electron chi connectivity index (χ0n) is 21.7. The molecule has 0 aromatic carbocycles. The topological polar surface area (TPSA) is 72.8 Å². The highest BCUT2D eigenvalue weighted by Crippen LogP contribution is 2.67. The number of rotatable bonds is 4. The van der Waals surface area contributed by atoms with E-state index in [-0.39, 0.29) is 34.8 Å². The lowest BCUT2D eigenvalue weighted by atomic mass is 9.45. The highest BCUT2D eigenvalue weighted by molar-refractivity contribution is 5.70. The zero-order chi connectivity index (χ0) is 24.2. The summed E-state index contributed by atoms with van der Waals surface area (Å²) in [7, 11) is 0. The Labute approximate surface area is 200 Å². The minimum absolute atomic E-state index is 0.0722. The van der Waals surface area contributed by atoms with Crippen molar-refractivity contribution in [1.82, 2.24) is 0 Å². The van der Waals surface area contributed by atoms with Crippen molar-refractivity contribution in [2.45, 2.75) is 111 Å². The van der Waals surface area contributed by atoms with Gasteiger partial charge in [0.15, 0.2) is 0 Å². The van der Waals surface area contributed by atoms with Gasteiger partial charge in [0.2, 0.25) is 0 Å². The lowest BCUT2D eigenvalue weighted by Gasteiger charge is -2.60. The van der Waals surface area contributed by atoms with Crippen LogP contribution in [-0.4, -0.2) is 35.4 Å². The monoisotopic (exact) mass is 462 g/mol. The molecule has 1 heterocycles. The summed E-state index contributed by atoms with van der Waals surface area (Å²) in [4.78, 5) is 24.3. The highest BCUT2D eigenvalue weighted by atomic mass is 16.6. The maximum atomic E-state index is 12.3. The van der Waals surface area contributed by atoms with E-state index in [4.69, 9.17) is 9.47 Å². The van der Waals surface area contributed by atoms with Crippen molar-refractivity contribution in [2.75, 3.05) is 6.61 Å². The van der Waals surface area contributed by atoms with Crippen LogP contribution in [0.25, 0.3) is 0 Å². The Balaban J connectivity index is 1.47. The van der Waals surface area contributed by atoms with Gasteiger partial charge < -0.3 is 14.6 Å². The van der Waals surface area contributed by atoms with Gasteiger partial charge in [-0.15, -0.1) is 0 Å². The van der Waals surface area contributed by atoms with E-state index in [2.05, 4.69) is 20.8 Å². The summed E-state index contributed by atoms with van der Waals surface area (Å²) in [6, 6.07) is 0. The summed E-state index contributed by atoms with van der Waals surface area (Å²) in [5, 5.41) is 11.4. The minimum atomic E-state index is -0.429. The van der Waals surface area contributed by atoms with Crippen LogP contribution >= 0.6 is 0 Å². The molecular formula is C28H46O5. The van der Waals surface area contributed by atoms with Crippen LogP contribution in [0.2, 0.25) is 0 Å². The lowest BCUT2D eigenvalue weighted by molar-refractivity contribution is -0.163. The molecule has 4 fully saturated rings. The molecule has 188 valence electrons. The number of hydrogen-bond donors (Lipinski definition) is 1. The Morgan fingerprint density at radius 2 is 1.85 bits per heavy atom. The van der Waals surface area contributed by atoms with Crippen LogP contribution in [0, 0.1) is 46.3 Å². The van der Waals surface area contributed by atoms with Gasteiger partial charge in [0.05, 0.1) is 12.7 Å². The second-order valence-corrected chi connectivity index (χ2v) is 13.3. The normalized spacial score (nSPS) is 44.0. The van der Waals surface area contributed by atoms with Crippen LogP contribution in [-0.2, 0) is 19.1 Å². The number of aliphatic hydroxyl groups is 1. The molecule has 33 heavy (non-hydrogen) atoms. The average Bonchev–Trinajstić information content (AvgIpc) is 3.00. The molecule has 9 atom stereocenters. The first kappa shape index (κ1) is 25.0. The third-order valence-electron chi connectivity index (χ3n) is 10.4. The van der Waals surface area contributed by atoms with Crippen molar-refractivity contribution < 1.29 is 24.2 Å². The van der Waals surface area contributed by atoms with Gasteiger partial charge in [-0.05, 0) is 106 Å². The van der Waals surface area contributed by atoms with E-state index in [9.17, 15) is 14.7 Å². The first-order valence-corrected chi connectivity index (χ1v) is 13.4. The Kier molecular flexibility index (Phi) is 6.70. The van der Waals surface area contributed by atoms with Crippen LogP contribution < -0.4 is 0 Å². The molecule has 4 aliphatic rings. The van der Waals surface area contributed by atoms with Gasteiger partial charge in [-0.25, -0.2) is 0 Å². The average molecular weight is 463 g/mol. The van der Waals surface area contributed by atoms with Gasteiger partial charge in [0.25, 0.3) is 0 Å². The summed E-state index contributed by atoms with van der Waals surface area (Å²) in [5.74, 6) is 2.48. The third kappa shape index (κ3) is 4.60. The second kappa shape index (κ2) is 8.84. The summed E-state index contributed by atoms with van der Waals surface area (Å²) in [6.07, 6.45) is 7.90. The Bertz CT molecular complexity index is 756. The summed E-state index contributed by atoms with van der Waals surface area (Å²) < 4.78 is 11.0. The number of esters is 2. The van der Waals surface area contributed by atoms with Crippen molar-refractivity contribution in [3.63, 3.8) is 0 Å². The maximum absolute atomic E-state index is 12.3. The number of cyclic esters (lactones) is 1. The van der Waals surface area contributed by atoms with Gasteiger partial charge in [-0.3, -0.25) is 9.59 Å². The van der Waals surface area contributed by atoms with E-state index in [0.717, 1.165) is 25.7 Å². The molecule has 0 bridgehead atoms. The Hall–Kier alpha value is -1.10. The van der Waals surface area contributed by atoms with Gasteiger partial charge in [-0.1, -0.05) is 20.8 Å². The van der Waals surface area contributed by atoms with Crippen molar-refractivity contribution in [2.24, 2.45) is 46.3 Å². The van der Waals surface area contributed by atoms with Gasteiger partial charge in [0, 0.05) is 18.8 Å². The molecule has 5 nitrogen and oxygen atoms in total. The second-order valence-electron chi connectivity index (χ2n) is 13.3. The minimum Gasteiger partial charge on any atom is -0.465 e. The van der Waals surface area contributed by atoms with E-state index in [1.807, 2.05) is 20.8 Å². The number of carbonyl (C=O) groups is 2. The fraction of sp³-hybridized carbons (Fsp3) is 0.929. The molecule has 1 aliphatic heterocycles. The van der Waals surface area contributed by atoms with Crippen LogP contribution in [0.15, 0.2) is 0 Å². The predicted octanol–water partition coefficient (Wildman–Crippen LogP) is 5.53. The maximum Gasteiger partial charge on any atom is 0.306 e. The van der Waals surface area contributed by atoms with Crippen LogP contribution in [0.5, 0.6) is 0 Å². The van der Waals surface area contributed by atoms with E-state index in [1.165, 1.54) is 19.3 Å². The molecule has 1 saturated heterocycles. The number of carbonyl (C=O) groups excluding carboxylic acids is 2. The number of hydrogen-bond acceptors (Lipinski definition) is 5. The van der Waals surface area contributed by atoms with E-state index in [1.54, 1.807) is 0 Å². The molecule has 0 spiro atoms. The molecule has 4 rings (SSSR count). The van der Waals surface area contributed by atoms with Gasteiger partial charge in [-0.2, -0.15) is 0 Å². The fourth-order valence-electron chi connectivity index (χ4n) is 8.72. The molecule has 3 aliphatic carbocycles. The molecule has 0 aromatic rings. The highest BCUT2D eigenvalue weighted by Gasteiger charge is 2.62. The number of fused-ring (bicyclic) bond motifs is 5. The molecular weight excluding hydrogens is 416 g/mol. The largest absolute Gasteiger partial charge is 0.465 e. The van der Waals surface area contributed by atoms with Crippen LogP contribution in [0.4, 0.5) is 0 Å². The van der Waals surface area contributed by atoms with Crippen molar-refractivity contribution >= 4 is 11.9 Å². The Morgan fingerprint density at radius 3 is 2.55 bits per heavy atom. The predicted molar refractivity (Wildman–Crippen MR) is 127 cm³/mol. The zero-order valence-corrected chi connectivity index (χ0v) is 21.7. The molecule has 3 saturated carbocycles. The first-order valence-electron chi connectivity index (χ1n) is 13.4. The third-order valence-corrected chi connectivity index (χ3v) is 10.4. The van der Waals surface area contributed by atoms with E-state index < -0.39 is 5.60 Å². The van der Waals surface area contributed by atoms with Crippen molar-refractivity contribution in [1.29, 1.82) is 0 Å². The molecule has 0 amide bonds. The van der Waals surface area contributed by atoms with E-state index in [0.29, 0.717) is 49.0 Å². The molecule has 5 heteroatoms. The van der Waals surface area contributed by atoms with Crippen molar-refractivity contribution in [3.8, 4) is 0 Å².